The predicted molar refractivity (Wildman–Crippen MR) is 150 cm³/mol. The fourth-order valence-corrected chi connectivity index (χ4v) is 6.09. The molecule has 0 aliphatic heterocycles. The highest BCUT2D eigenvalue weighted by molar-refractivity contribution is 7.85. The molecule has 0 saturated carbocycles. The maximum atomic E-state index is 12.9. The minimum absolute atomic E-state index is 0.289. The Kier molecular flexibility index (Phi) is 10.2. The molecule has 0 aliphatic rings. The van der Waals surface area contributed by atoms with Gasteiger partial charge in [0.25, 0.3) is 0 Å². The summed E-state index contributed by atoms with van der Waals surface area (Å²) in [6.07, 6.45) is 0.764. The molecule has 0 radical (unpaired) electrons. The van der Waals surface area contributed by atoms with Crippen LogP contribution >= 0.6 is 0 Å². The fraction of sp³-hybridized carbons (Fsp3) is 0.333. The van der Waals surface area contributed by atoms with Gasteiger partial charge in [0.15, 0.2) is 0 Å². The lowest BCUT2D eigenvalue weighted by molar-refractivity contribution is -0.144. The molecule has 0 aromatic heterocycles. The van der Waals surface area contributed by atoms with Crippen molar-refractivity contribution in [3.8, 4) is 11.5 Å². The first-order chi connectivity index (χ1) is 18.0. The third kappa shape index (κ3) is 8.46. The minimum Gasteiger partial charge on any atom is -0.426 e. The average Bonchev–Trinajstić information content (AvgIpc) is 2.91. The van der Waals surface area contributed by atoms with E-state index in [0.717, 1.165) is 0 Å². The summed E-state index contributed by atoms with van der Waals surface area (Å²) in [5.41, 5.74) is -1.61. The second-order valence-corrected chi connectivity index (χ2v) is 13.4. The molecule has 3 aromatic rings. The third-order valence-corrected chi connectivity index (χ3v) is 8.93. The number of hydrogen-bond donors (Lipinski definition) is 0. The normalized spacial score (nSPS) is 13.4. The van der Waals surface area contributed by atoms with E-state index in [1.54, 1.807) is 100 Å². The van der Waals surface area contributed by atoms with Crippen LogP contribution in [0.2, 0.25) is 0 Å². The summed E-state index contributed by atoms with van der Waals surface area (Å²) in [5, 5.41) is 0. The van der Waals surface area contributed by atoms with Crippen molar-refractivity contribution in [1.82, 2.24) is 0 Å². The Labute approximate surface area is 229 Å². The zero-order valence-corrected chi connectivity index (χ0v) is 23.8. The number of carbonyl (C=O) groups is 2. The van der Waals surface area contributed by atoms with E-state index in [2.05, 4.69) is 0 Å². The molecule has 2 unspecified atom stereocenters. The second-order valence-electron chi connectivity index (χ2n) is 10.2. The molecule has 202 valence electrons. The van der Waals surface area contributed by atoms with Crippen LogP contribution in [0, 0.1) is 10.8 Å². The average molecular weight is 555 g/mol. The number of ether oxygens (including phenoxy) is 2. The monoisotopic (exact) mass is 554 g/mol. The molecule has 2 atom stereocenters. The van der Waals surface area contributed by atoms with Crippen molar-refractivity contribution >= 4 is 33.5 Å². The van der Waals surface area contributed by atoms with Gasteiger partial charge in [-0.05, 0) is 89.1 Å². The first-order valence-corrected chi connectivity index (χ1v) is 15.0. The number of para-hydroxylation sites is 2. The molecular formula is C30H34O6S2. The molecule has 0 aliphatic carbocycles. The van der Waals surface area contributed by atoms with E-state index in [0.29, 0.717) is 34.1 Å². The van der Waals surface area contributed by atoms with E-state index < -0.39 is 32.4 Å². The Morgan fingerprint density at radius 3 is 1.21 bits per heavy atom. The van der Waals surface area contributed by atoms with E-state index in [1.807, 2.05) is 12.1 Å². The van der Waals surface area contributed by atoms with Crippen molar-refractivity contribution in [1.29, 1.82) is 0 Å². The summed E-state index contributed by atoms with van der Waals surface area (Å²) < 4.78 is 36.6. The molecule has 3 rings (SSSR count). The molecule has 0 spiro atoms. The standard InChI is InChI=1S/C30H34O6S2/c1-29(2,27(31)35-23-11-7-5-8-12-23)19-21-37(33)25-15-17-26(18-16-25)38(34)22-20-30(3,4)28(32)36-24-13-9-6-10-14-24/h5-18H,19-22H2,1-4H3. The lowest BCUT2D eigenvalue weighted by atomic mass is 9.90. The summed E-state index contributed by atoms with van der Waals surface area (Å²) in [6, 6.07) is 24.5. The largest absolute Gasteiger partial charge is 0.426 e. The van der Waals surface area contributed by atoms with Crippen LogP contribution < -0.4 is 9.47 Å². The first kappa shape index (κ1) is 29.5. The number of esters is 2. The second kappa shape index (κ2) is 13.1. The van der Waals surface area contributed by atoms with Gasteiger partial charge in [0.05, 0.1) is 32.4 Å². The van der Waals surface area contributed by atoms with Crippen LogP contribution in [0.25, 0.3) is 0 Å². The van der Waals surface area contributed by atoms with Crippen molar-refractivity contribution in [2.45, 2.75) is 50.3 Å². The lowest BCUT2D eigenvalue weighted by Gasteiger charge is -2.22. The highest BCUT2D eigenvalue weighted by atomic mass is 32.2. The van der Waals surface area contributed by atoms with Crippen molar-refractivity contribution < 1.29 is 27.5 Å². The van der Waals surface area contributed by atoms with Crippen LogP contribution in [0.15, 0.2) is 94.7 Å². The minimum atomic E-state index is -1.33. The quantitative estimate of drug-likeness (QED) is 0.203. The number of carbonyl (C=O) groups excluding carboxylic acids is 2. The van der Waals surface area contributed by atoms with Crippen LogP contribution in [0.4, 0.5) is 0 Å². The molecular weight excluding hydrogens is 520 g/mol. The van der Waals surface area contributed by atoms with Gasteiger partial charge in [0, 0.05) is 21.3 Å². The van der Waals surface area contributed by atoms with Crippen LogP contribution in [0.5, 0.6) is 11.5 Å². The van der Waals surface area contributed by atoms with Crippen LogP contribution in [0.3, 0.4) is 0 Å². The van der Waals surface area contributed by atoms with Crippen molar-refractivity contribution in [2.75, 3.05) is 11.5 Å². The number of rotatable bonds is 12. The van der Waals surface area contributed by atoms with Gasteiger partial charge in [-0.3, -0.25) is 18.0 Å². The third-order valence-electron chi connectivity index (χ3n) is 6.19. The van der Waals surface area contributed by atoms with Crippen LogP contribution in [-0.4, -0.2) is 31.9 Å². The molecule has 0 amide bonds. The zero-order chi connectivity index (χ0) is 27.8. The Morgan fingerprint density at radius 2 is 0.895 bits per heavy atom. The van der Waals surface area contributed by atoms with Gasteiger partial charge in [-0.25, -0.2) is 0 Å². The van der Waals surface area contributed by atoms with E-state index >= 15 is 0 Å². The first-order valence-electron chi connectivity index (χ1n) is 12.4. The summed E-state index contributed by atoms with van der Waals surface area (Å²) >= 11 is 0. The van der Waals surface area contributed by atoms with E-state index in [9.17, 15) is 18.0 Å². The Hall–Kier alpha value is -3.10. The summed E-state index contributed by atoms with van der Waals surface area (Å²) in [5.74, 6) is 0.788. The van der Waals surface area contributed by atoms with Crippen molar-refractivity contribution in [3.05, 3.63) is 84.9 Å². The molecule has 0 heterocycles. The Balaban J connectivity index is 1.50. The van der Waals surface area contributed by atoms with Gasteiger partial charge >= 0.3 is 11.9 Å². The maximum absolute atomic E-state index is 12.9. The van der Waals surface area contributed by atoms with Gasteiger partial charge in [-0.2, -0.15) is 0 Å². The summed E-state index contributed by atoms with van der Waals surface area (Å²) in [4.78, 5) is 26.4. The van der Waals surface area contributed by atoms with E-state index in [1.165, 1.54) is 0 Å². The summed E-state index contributed by atoms with van der Waals surface area (Å²) in [7, 11) is -2.65. The molecule has 0 fully saturated rings. The van der Waals surface area contributed by atoms with Gasteiger partial charge < -0.3 is 9.47 Å². The fourth-order valence-electron chi connectivity index (χ4n) is 3.35. The SMILES string of the molecule is CC(C)(CCS(=O)c1ccc(S(=O)CCC(C)(C)C(=O)Oc2ccccc2)cc1)C(=O)Oc1ccccc1. The summed E-state index contributed by atoms with van der Waals surface area (Å²) in [6.45, 7) is 7.11. The van der Waals surface area contributed by atoms with Crippen molar-refractivity contribution in [3.63, 3.8) is 0 Å². The number of benzene rings is 3. The Bertz CT molecular complexity index is 1170. The molecule has 38 heavy (non-hydrogen) atoms. The van der Waals surface area contributed by atoms with Crippen molar-refractivity contribution in [2.24, 2.45) is 10.8 Å². The highest BCUT2D eigenvalue weighted by Gasteiger charge is 2.31. The van der Waals surface area contributed by atoms with Gasteiger partial charge in [-0.1, -0.05) is 36.4 Å². The number of hydrogen-bond acceptors (Lipinski definition) is 6. The topological polar surface area (TPSA) is 86.7 Å². The van der Waals surface area contributed by atoms with Gasteiger partial charge in [-0.15, -0.1) is 0 Å². The molecule has 6 nitrogen and oxygen atoms in total. The molecule has 0 N–H and O–H groups in total. The molecule has 0 bridgehead atoms. The smallest absolute Gasteiger partial charge is 0.316 e. The predicted octanol–water partition coefficient (Wildman–Crippen LogP) is 5.95. The molecule has 0 saturated heterocycles. The van der Waals surface area contributed by atoms with E-state index in [4.69, 9.17) is 9.47 Å². The highest BCUT2D eigenvalue weighted by Crippen LogP contribution is 2.27. The molecule has 3 aromatic carbocycles. The van der Waals surface area contributed by atoms with Crippen LogP contribution in [0.1, 0.15) is 40.5 Å². The maximum Gasteiger partial charge on any atom is 0.316 e. The van der Waals surface area contributed by atoms with Gasteiger partial charge in [0.2, 0.25) is 0 Å². The molecule has 8 heteroatoms. The van der Waals surface area contributed by atoms with Crippen LogP contribution in [-0.2, 0) is 31.2 Å². The van der Waals surface area contributed by atoms with E-state index in [-0.39, 0.29) is 23.4 Å². The zero-order valence-electron chi connectivity index (χ0n) is 22.2. The van der Waals surface area contributed by atoms with Gasteiger partial charge in [0.1, 0.15) is 11.5 Å². The lowest BCUT2D eigenvalue weighted by Crippen LogP contribution is -2.30. The Morgan fingerprint density at radius 1 is 0.579 bits per heavy atom.